The van der Waals surface area contributed by atoms with Gasteiger partial charge >= 0.3 is 5.97 Å². The van der Waals surface area contributed by atoms with Crippen LogP contribution in [0.25, 0.3) is 0 Å². The molecule has 0 amide bonds. The first-order valence-corrected chi connectivity index (χ1v) is 7.39. The summed E-state index contributed by atoms with van der Waals surface area (Å²) in [5.74, 6) is -0.620. The first kappa shape index (κ1) is 15.5. The molecule has 112 valence electrons. The summed E-state index contributed by atoms with van der Waals surface area (Å²) >= 11 is 1.65. The number of benzene rings is 1. The molecule has 1 aromatic heterocycles. The van der Waals surface area contributed by atoms with E-state index < -0.39 is 5.97 Å². The zero-order chi connectivity index (χ0) is 15.4. The van der Waals surface area contributed by atoms with E-state index in [1.807, 2.05) is 26.1 Å². The number of carbonyl (C=O) groups is 1. The Hall–Kier alpha value is -1.92. The molecule has 21 heavy (non-hydrogen) atoms. The van der Waals surface area contributed by atoms with Gasteiger partial charge in [-0.05, 0) is 31.5 Å². The number of carboxylic acids is 1. The van der Waals surface area contributed by atoms with Crippen molar-refractivity contribution in [2.75, 3.05) is 7.11 Å². The molecule has 0 bridgehead atoms. The Morgan fingerprint density at radius 1 is 1.52 bits per heavy atom. The lowest BCUT2D eigenvalue weighted by Crippen LogP contribution is -2.18. The Morgan fingerprint density at radius 3 is 2.86 bits per heavy atom. The molecule has 0 aliphatic carbocycles. The maximum Gasteiger partial charge on any atom is 0.339 e. The fraction of sp³-hybridized carbons (Fsp3) is 0.333. The molecule has 0 saturated carbocycles. The molecule has 2 rings (SSSR count). The van der Waals surface area contributed by atoms with Crippen molar-refractivity contribution in [2.45, 2.75) is 26.4 Å². The van der Waals surface area contributed by atoms with Crippen molar-refractivity contribution in [2.24, 2.45) is 0 Å². The van der Waals surface area contributed by atoms with Crippen molar-refractivity contribution in [1.29, 1.82) is 0 Å². The first-order valence-electron chi connectivity index (χ1n) is 6.57. The lowest BCUT2D eigenvalue weighted by Gasteiger charge is -2.15. The number of rotatable bonds is 6. The SMILES string of the molecule is COc1ccc([C@H](C)NCc2ncc(C)s2)cc1C(=O)O. The topological polar surface area (TPSA) is 71.5 Å². The third-order valence-electron chi connectivity index (χ3n) is 3.18. The third-order valence-corrected chi connectivity index (χ3v) is 4.10. The summed E-state index contributed by atoms with van der Waals surface area (Å²) in [4.78, 5) is 16.7. The third kappa shape index (κ3) is 3.80. The number of nitrogens with one attached hydrogen (secondary N) is 1. The number of aromatic carboxylic acids is 1. The second-order valence-corrected chi connectivity index (χ2v) is 6.05. The Bertz CT molecular complexity index is 640. The van der Waals surface area contributed by atoms with Crippen molar-refractivity contribution < 1.29 is 14.6 Å². The van der Waals surface area contributed by atoms with Crippen LogP contribution < -0.4 is 10.1 Å². The monoisotopic (exact) mass is 306 g/mol. The number of hydrogen-bond donors (Lipinski definition) is 2. The molecule has 5 nitrogen and oxygen atoms in total. The normalized spacial score (nSPS) is 12.1. The number of methoxy groups -OCH3 is 1. The number of hydrogen-bond acceptors (Lipinski definition) is 5. The molecule has 2 aromatic rings. The van der Waals surface area contributed by atoms with Crippen molar-refractivity contribution >= 4 is 17.3 Å². The van der Waals surface area contributed by atoms with Crippen LogP contribution in [0.2, 0.25) is 0 Å². The highest BCUT2D eigenvalue weighted by Crippen LogP contribution is 2.23. The molecule has 1 atom stereocenters. The summed E-state index contributed by atoms with van der Waals surface area (Å²) in [5.41, 5.74) is 1.08. The van der Waals surface area contributed by atoms with E-state index in [-0.39, 0.29) is 11.6 Å². The van der Waals surface area contributed by atoms with Gasteiger partial charge in [0.2, 0.25) is 0 Å². The van der Waals surface area contributed by atoms with Crippen molar-refractivity contribution in [3.63, 3.8) is 0 Å². The summed E-state index contributed by atoms with van der Waals surface area (Å²) in [5, 5.41) is 13.6. The van der Waals surface area contributed by atoms with Crippen LogP contribution in [-0.2, 0) is 6.54 Å². The van der Waals surface area contributed by atoms with Gasteiger partial charge in [0.25, 0.3) is 0 Å². The maximum atomic E-state index is 11.2. The van der Waals surface area contributed by atoms with Crippen LogP contribution in [0.15, 0.2) is 24.4 Å². The van der Waals surface area contributed by atoms with E-state index in [0.717, 1.165) is 10.6 Å². The van der Waals surface area contributed by atoms with Gasteiger partial charge in [0, 0.05) is 23.7 Å². The van der Waals surface area contributed by atoms with E-state index in [0.29, 0.717) is 12.3 Å². The minimum absolute atomic E-state index is 0.0261. The molecule has 0 radical (unpaired) electrons. The molecular weight excluding hydrogens is 288 g/mol. The Kier molecular flexibility index (Phi) is 4.93. The van der Waals surface area contributed by atoms with Crippen molar-refractivity contribution in [3.8, 4) is 5.75 Å². The number of carboxylic acid groups (broad SMARTS) is 1. The van der Waals surface area contributed by atoms with Gasteiger partial charge in [0.15, 0.2) is 0 Å². The van der Waals surface area contributed by atoms with E-state index in [1.54, 1.807) is 23.5 Å². The van der Waals surface area contributed by atoms with E-state index in [9.17, 15) is 9.90 Å². The fourth-order valence-corrected chi connectivity index (χ4v) is 2.74. The molecule has 1 heterocycles. The average molecular weight is 306 g/mol. The summed E-state index contributed by atoms with van der Waals surface area (Å²) < 4.78 is 5.06. The molecule has 0 fully saturated rings. The number of aromatic nitrogens is 1. The summed E-state index contributed by atoms with van der Waals surface area (Å²) in [6.07, 6.45) is 1.85. The van der Waals surface area contributed by atoms with Crippen molar-refractivity contribution in [1.82, 2.24) is 10.3 Å². The molecule has 0 spiro atoms. The van der Waals surface area contributed by atoms with E-state index in [4.69, 9.17) is 4.74 Å². The fourth-order valence-electron chi connectivity index (χ4n) is 2.00. The van der Waals surface area contributed by atoms with E-state index in [2.05, 4.69) is 10.3 Å². The van der Waals surface area contributed by atoms with Crippen LogP contribution in [0.5, 0.6) is 5.75 Å². The Balaban J connectivity index is 2.10. The van der Waals surface area contributed by atoms with Crippen LogP contribution in [-0.4, -0.2) is 23.2 Å². The second-order valence-electron chi connectivity index (χ2n) is 4.73. The van der Waals surface area contributed by atoms with E-state index >= 15 is 0 Å². The van der Waals surface area contributed by atoms with Gasteiger partial charge in [-0.1, -0.05) is 6.07 Å². The molecule has 1 aromatic carbocycles. The minimum atomic E-state index is -0.989. The Morgan fingerprint density at radius 2 is 2.29 bits per heavy atom. The number of ether oxygens (including phenoxy) is 1. The second kappa shape index (κ2) is 6.69. The van der Waals surface area contributed by atoms with Gasteiger partial charge in [-0.15, -0.1) is 11.3 Å². The summed E-state index contributed by atoms with van der Waals surface area (Å²) in [6.45, 7) is 4.68. The summed E-state index contributed by atoms with van der Waals surface area (Å²) in [7, 11) is 1.47. The molecule has 0 aliphatic rings. The van der Waals surface area contributed by atoms with Crippen LogP contribution in [0.4, 0.5) is 0 Å². The highest BCUT2D eigenvalue weighted by molar-refractivity contribution is 7.11. The minimum Gasteiger partial charge on any atom is -0.496 e. The molecule has 0 aliphatic heterocycles. The largest absolute Gasteiger partial charge is 0.496 e. The quantitative estimate of drug-likeness (QED) is 0.858. The van der Waals surface area contributed by atoms with E-state index in [1.165, 1.54) is 12.0 Å². The van der Waals surface area contributed by atoms with Gasteiger partial charge in [0.05, 0.1) is 7.11 Å². The molecule has 0 saturated heterocycles. The van der Waals surface area contributed by atoms with Gasteiger partial charge in [-0.2, -0.15) is 0 Å². The number of aryl methyl sites for hydroxylation is 1. The number of nitrogens with zero attached hydrogens (tertiary/aromatic N) is 1. The Labute approximate surface area is 127 Å². The highest BCUT2D eigenvalue weighted by Gasteiger charge is 2.14. The van der Waals surface area contributed by atoms with Gasteiger partial charge in [0.1, 0.15) is 16.3 Å². The highest BCUT2D eigenvalue weighted by atomic mass is 32.1. The first-order chi connectivity index (χ1) is 10.0. The molecule has 6 heteroatoms. The standard InChI is InChI=1S/C15H18N2O3S/c1-9-7-17-14(21-9)8-16-10(2)11-4-5-13(20-3)12(6-11)15(18)19/h4-7,10,16H,8H2,1-3H3,(H,18,19)/t10-/m0/s1. The van der Waals surface area contributed by atoms with Gasteiger partial charge < -0.3 is 15.2 Å². The smallest absolute Gasteiger partial charge is 0.339 e. The van der Waals surface area contributed by atoms with Crippen LogP contribution in [0.3, 0.4) is 0 Å². The lowest BCUT2D eigenvalue weighted by molar-refractivity contribution is 0.0693. The molecule has 2 N–H and O–H groups in total. The zero-order valence-electron chi connectivity index (χ0n) is 12.2. The molecular formula is C15H18N2O3S. The maximum absolute atomic E-state index is 11.2. The van der Waals surface area contributed by atoms with Crippen LogP contribution in [0, 0.1) is 6.92 Å². The summed E-state index contributed by atoms with van der Waals surface area (Å²) in [6, 6.07) is 5.23. The van der Waals surface area contributed by atoms with Gasteiger partial charge in [-0.3, -0.25) is 0 Å². The molecule has 0 unspecified atom stereocenters. The van der Waals surface area contributed by atoms with Crippen molar-refractivity contribution in [3.05, 3.63) is 45.4 Å². The average Bonchev–Trinajstić information content (AvgIpc) is 2.89. The predicted octanol–water partition coefficient (Wildman–Crippen LogP) is 3.01. The van der Waals surface area contributed by atoms with Crippen LogP contribution in [0.1, 0.15) is 38.8 Å². The predicted molar refractivity (Wildman–Crippen MR) is 82.1 cm³/mol. The zero-order valence-corrected chi connectivity index (χ0v) is 13.0. The van der Waals surface area contributed by atoms with Crippen LogP contribution >= 0.6 is 11.3 Å². The number of thiazole rings is 1. The van der Waals surface area contributed by atoms with Gasteiger partial charge in [-0.25, -0.2) is 9.78 Å². The lowest BCUT2D eigenvalue weighted by atomic mass is 10.0.